The fourth-order valence-electron chi connectivity index (χ4n) is 10.5. The molecule has 0 amide bonds. The predicted octanol–water partition coefficient (Wildman–Crippen LogP) is 10.2. The molecule has 2 aromatic rings. The number of rotatable bonds is 14. The summed E-state index contributed by atoms with van der Waals surface area (Å²) in [5.41, 5.74) is 9.42. The number of hydrogen-bond donors (Lipinski definition) is 2. The zero-order valence-electron chi connectivity index (χ0n) is 37.1. The van der Waals surface area contributed by atoms with Gasteiger partial charge in [0.05, 0.1) is 49.4 Å². The SMILES string of the molecule is CCOC(=O)C=C1C[C@H]2CC[C@H]2C1.CCOC(=O)CC1(C(=S)NCc2ccccc2)C[C@H]2CC[C@H]2C1.CCOC(=O)CC1(CN)C[C@H]2CC[C@H]2C1.S=C=NCc1ccccc1.[Ni]. The van der Waals surface area contributed by atoms with E-state index in [1.54, 1.807) is 6.08 Å². The molecule has 6 aliphatic rings. The molecule has 0 aliphatic heterocycles. The first kappa shape index (κ1) is 51.4. The second kappa shape index (κ2) is 25.9. The number of aliphatic imine (C=N–C) groups is 1. The minimum atomic E-state index is -0.192. The van der Waals surface area contributed by atoms with Crippen molar-refractivity contribution in [2.24, 2.45) is 57.1 Å². The van der Waals surface area contributed by atoms with Crippen LogP contribution in [0.3, 0.4) is 0 Å². The van der Waals surface area contributed by atoms with Gasteiger partial charge in [0.2, 0.25) is 0 Å². The van der Waals surface area contributed by atoms with Gasteiger partial charge in [0.25, 0.3) is 0 Å². The van der Waals surface area contributed by atoms with Crippen molar-refractivity contribution < 1.29 is 45.1 Å². The van der Waals surface area contributed by atoms with Gasteiger partial charge < -0.3 is 25.3 Å². The number of ether oxygens (including phenoxy) is 3. The Labute approximate surface area is 391 Å². The second-order valence-electron chi connectivity index (χ2n) is 18.1. The van der Waals surface area contributed by atoms with Gasteiger partial charge in [0.15, 0.2) is 0 Å². The van der Waals surface area contributed by atoms with Crippen molar-refractivity contribution in [1.82, 2.24) is 5.32 Å². The maximum absolute atomic E-state index is 12.1. The normalized spacial score (nSPS) is 28.4. The van der Waals surface area contributed by atoms with E-state index < -0.39 is 0 Å². The number of benzene rings is 2. The quantitative estimate of drug-likeness (QED) is 0.0472. The van der Waals surface area contributed by atoms with E-state index in [1.807, 2.05) is 69.3 Å². The molecule has 2 unspecified atom stereocenters. The minimum absolute atomic E-state index is 0. The van der Waals surface area contributed by atoms with Crippen molar-refractivity contribution >= 4 is 52.5 Å². The molecule has 8 rings (SSSR count). The number of fused-ring (bicyclic) bond motifs is 3. The van der Waals surface area contributed by atoms with Gasteiger partial charge in [0.1, 0.15) is 0 Å². The molecular weight excluding hydrogens is 861 g/mol. The van der Waals surface area contributed by atoms with Crippen LogP contribution in [0.25, 0.3) is 0 Å². The molecule has 8 atom stereocenters. The minimum Gasteiger partial charge on any atom is -0.466 e. The van der Waals surface area contributed by atoms with Gasteiger partial charge in [0, 0.05) is 34.5 Å². The topological polar surface area (TPSA) is 129 Å². The summed E-state index contributed by atoms with van der Waals surface area (Å²) in [4.78, 5) is 39.4. The number of carbonyl (C=O) groups is 3. The fourth-order valence-corrected chi connectivity index (χ4v) is 10.9. The van der Waals surface area contributed by atoms with Gasteiger partial charge in [-0.3, -0.25) is 9.59 Å². The number of carbonyl (C=O) groups excluding carboxylic acids is 3. The van der Waals surface area contributed by atoms with E-state index in [2.05, 4.69) is 39.8 Å². The van der Waals surface area contributed by atoms with Gasteiger partial charge in [-0.15, -0.1) is 0 Å². The predicted molar refractivity (Wildman–Crippen MR) is 249 cm³/mol. The molecule has 342 valence electrons. The summed E-state index contributed by atoms with van der Waals surface area (Å²) in [7, 11) is 0. The molecule has 62 heavy (non-hydrogen) atoms. The van der Waals surface area contributed by atoms with Crippen molar-refractivity contribution in [2.45, 2.75) is 124 Å². The largest absolute Gasteiger partial charge is 0.466 e. The molecule has 6 saturated carbocycles. The van der Waals surface area contributed by atoms with Gasteiger partial charge in [-0.2, -0.15) is 0 Å². The molecule has 6 aliphatic carbocycles. The van der Waals surface area contributed by atoms with Crippen LogP contribution in [0.5, 0.6) is 0 Å². The molecule has 0 bridgehead atoms. The number of nitrogens with two attached hydrogens (primary N) is 1. The molecule has 0 spiro atoms. The van der Waals surface area contributed by atoms with E-state index >= 15 is 0 Å². The second-order valence-corrected chi connectivity index (χ2v) is 18.7. The molecule has 0 radical (unpaired) electrons. The van der Waals surface area contributed by atoms with E-state index in [-0.39, 0.29) is 45.2 Å². The first-order chi connectivity index (χ1) is 29.5. The summed E-state index contributed by atoms with van der Waals surface area (Å²) < 4.78 is 15.1. The average Bonchev–Trinajstić information content (AvgIpc) is 3.77. The van der Waals surface area contributed by atoms with E-state index in [0.29, 0.717) is 45.8 Å². The maximum Gasteiger partial charge on any atom is 0.330 e. The third-order valence-corrected chi connectivity index (χ3v) is 14.8. The van der Waals surface area contributed by atoms with Gasteiger partial charge in [-0.05, 0) is 169 Å². The van der Waals surface area contributed by atoms with Crippen molar-refractivity contribution in [3.05, 3.63) is 83.4 Å². The summed E-state index contributed by atoms with van der Waals surface area (Å²) in [6, 6.07) is 20.2. The zero-order chi connectivity index (χ0) is 43.7. The van der Waals surface area contributed by atoms with Gasteiger partial charge in [-0.1, -0.05) is 78.5 Å². The Bertz CT molecular complexity index is 1780. The van der Waals surface area contributed by atoms with Crippen LogP contribution >= 0.6 is 24.4 Å². The Morgan fingerprint density at radius 1 is 0.726 bits per heavy atom. The summed E-state index contributed by atoms with van der Waals surface area (Å²) in [5, 5.41) is 5.75. The van der Waals surface area contributed by atoms with E-state index in [9.17, 15) is 14.4 Å². The monoisotopic (exact) mass is 929 g/mol. The van der Waals surface area contributed by atoms with Crippen LogP contribution in [0.4, 0.5) is 0 Å². The standard InChI is InChI=1S/C19H25NO2S.C12H21NO2.C11H16O2.C8H7NS.Ni/c1-2-22-17(21)12-19(10-15-8-9-16(15)11-19)18(23)20-13-14-6-4-3-5-7-14;1-2-15-11(14)7-12(8-13)5-9-3-4-10(9)6-12;1-2-13-11(12)7-8-5-9-3-4-10(9)6-8;10-7-9-6-8-4-2-1-3-5-8;/h3-7,15-16H,2,8-13H2,1H3,(H,20,23);9-10H,2-8,13H2,1H3;7,9-10H,2-6H2,1H3;1-5H,6H2;/t15-,16+,19?;9-,10+,12?;9-,10+;;. The number of isothiocyanates is 1. The maximum atomic E-state index is 12.1. The third-order valence-electron chi connectivity index (χ3n) is 14.1. The smallest absolute Gasteiger partial charge is 0.330 e. The fraction of sp³-hybridized carbons (Fsp3) is 0.620. The van der Waals surface area contributed by atoms with Crippen molar-refractivity contribution in [3.8, 4) is 0 Å². The molecule has 0 heterocycles. The number of thiocarbonyl (C=S) groups is 2. The Kier molecular flexibility index (Phi) is 21.4. The number of allylic oxidation sites excluding steroid dienone is 1. The van der Waals surface area contributed by atoms with Gasteiger partial charge in [-0.25, -0.2) is 9.79 Å². The van der Waals surface area contributed by atoms with E-state index in [0.717, 1.165) is 85.6 Å². The van der Waals surface area contributed by atoms with Crippen LogP contribution in [0.2, 0.25) is 0 Å². The van der Waals surface area contributed by atoms with E-state index in [1.165, 1.54) is 55.2 Å². The average molecular weight is 931 g/mol. The first-order valence-corrected chi connectivity index (χ1v) is 23.6. The summed E-state index contributed by atoms with van der Waals surface area (Å²) in [6.07, 6.45) is 17.3. The Morgan fingerprint density at radius 2 is 1.19 bits per heavy atom. The van der Waals surface area contributed by atoms with E-state index in [4.69, 9.17) is 32.2 Å². The zero-order valence-corrected chi connectivity index (χ0v) is 39.7. The molecule has 3 N–H and O–H groups in total. The number of hydrogen-bond acceptors (Lipinski definition) is 10. The summed E-state index contributed by atoms with van der Waals surface area (Å²) in [6.45, 7) is 8.95. The number of esters is 3. The molecule has 6 fully saturated rings. The van der Waals surface area contributed by atoms with Crippen molar-refractivity contribution in [1.29, 1.82) is 0 Å². The van der Waals surface area contributed by atoms with Crippen LogP contribution in [0.15, 0.2) is 77.3 Å². The third kappa shape index (κ3) is 14.9. The van der Waals surface area contributed by atoms with Crippen LogP contribution in [0, 0.1) is 46.3 Å². The number of nitrogens with one attached hydrogen (secondary N) is 1. The molecular formula is C50H69N3NiO6S2. The molecule has 0 aromatic heterocycles. The van der Waals surface area contributed by atoms with Crippen LogP contribution in [-0.4, -0.2) is 54.4 Å². The first-order valence-electron chi connectivity index (χ1n) is 22.8. The summed E-state index contributed by atoms with van der Waals surface area (Å²) >= 11 is 10.2. The number of nitrogens with zero attached hydrogens (tertiary/aromatic N) is 1. The molecule has 9 nitrogen and oxygen atoms in total. The summed E-state index contributed by atoms with van der Waals surface area (Å²) in [5.74, 6) is 4.65. The van der Waals surface area contributed by atoms with Crippen molar-refractivity contribution in [3.63, 3.8) is 0 Å². The molecule has 2 aromatic carbocycles. The Morgan fingerprint density at radius 3 is 1.65 bits per heavy atom. The Balaban J connectivity index is 0.000000190. The van der Waals surface area contributed by atoms with Crippen molar-refractivity contribution in [2.75, 3.05) is 26.4 Å². The van der Waals surface area contributed by atoms with Crippen LogP contribution in [-0.2, 0) is 58.2 Å². The van der Waals surface area contributed by atoms with Gasteiger partial charge >= 0.3 is 17.9 Å². The van der Waals surface area contributed by atoms with Crippen LogP contribution < -0.4 is 11.1 Å². The Hall–Kier alpha value is -3.27. The van der Waals surface area contributed by atoms with Crippen LogP contribution in [0.1, 0.15) is 122 Å². The molecule has 0 saturated heterocycles. The molecule has 12 heteroatoms.